The third-order valence-electron chi connectivity index (χ3n) is 6.58. The molecule has 160 valence electrons. The summed E-state index contributed by atoms with van der Waals surface area (Å²) in [7, 11) is 0. The number of nitrogens with zero attached hydrogens (tertiary/aromatic N) is 3. The Morgan fingerprint density at radius 2 is 1.93 bits per heavy atom. The summed E-state index contributed by atoms with van der Waals surface area (Å²) >= 11 is 0. The molecule has 3 heterocycles. The Hall–Kier alpha value is -2.24. The summed E-state index contributed by atoms with van der Waals surface area (Å²) in [5.74, 6) is 0.307. The largest absolute Gasteiger partial charge is 0.352 e. The molecule has 0 spiro atoms. The fourth-order valence-corrected chi connectivity index (χ4v) is 4.90. The number of hydrogen-bond donors (Lipinski definition) is 1. The maximum Gasteiger partial charge on any atom is 0.224 e. The van der Waals surface area contributed by atoms with Gasteiger partial charge in [-0.1, -0.05) is 35.9 Å². The maximum atomic E-state index is 12.7. The molecule has 5 nitrogen and oxygen atoms in total. The highest BCUT2D eigenvalue weighted by Gasteiger charge is 2.31. The predicted molar refractivity (Wildman–Crippen MR) is 120 cm³/mol. The van der Waals surface area contributed by atoms with Crippen molar-refractivity contribution in [2.24, 2.45) is 5.92 Å². The minimum atomic E-state index is 0.112. The van der Waals surface area contributed by atoms with Crippen LogP contribution in [-0.2, 0) is 17.9 Å². The molecule has 0 radical (unpaired) electrons. The van der Waals surface area contributed by atoms with E-state index in [1.54, 1.807) is 6.20 Å². The van der Waals surface area contributed by atoms with Gasteiger partial charge in [-0.25, -0.2) is 0 Å². The van der Waals surface area contributed by atoms with Crippen molar-refractivity contribution in [3.63, 3.8) is 0 Å². The number of pyridine rings is 1. The Labute approximate surface area is 180 Å². The molecule has 0 aliphatic carbocycles. The molecule has 2 saturated heterocycles. The van der Waals surface area contributed by atoms with Gasteiger partial charge in [0.15, 0.2) is 0 Å². The van der Waals surface area contributed by atoms with Crippen LogP contribution in [0.5, 0.6) is 0 Å². The zero-order valence-corrected chi connectivity index (χ0v) is 18.1. The van der Waals surface area contributed by atoms with E-state index in [-0.39, 0.29) is 11.8 Å². The van der Waals surface area contributed by atoms with E-state index >= 15 is 0 Å². The van der Waals surface area contributed by atoms with Crippen LogP contribution in [0, 0.1) is 12.8 Å². The van der Waals surface area contributed by atoms with Crippen molar-refractivity contribution >= 4 is 5.91 Å². The molecule has 30 heavy (non-hydrogen) atoms. The zero-order chi connectivity index (χ0) is 20.8. The first-order valence-electron chi connectivity index (χ1n) is 11.4. The topological polar surface area (TPSA) is 48.5 Å². The summed E-state index contributed by atoms with van der Waals surface area (Å²) in [5.41, 5.74) is 3.81. The normalized spacial score (nSPS) is 21.4. The second-order valence-electron chi connectivity index (χ2n) is 8.91. The summed E-state index contributed by atoms with van der Waals surface area (Å²) in [6.07, 6.45) is 8.11. The molecule has 2 aliphatic rings. The SMILES string of the molecule is Cc1cccc(CN2CCC(N3CCCC(C(=O)NCc4cccnc4)C3)CC2)c1. The quantitative estimate of drug-likeness (QED) is 0.799. The first-order valence-corrected chi connectivity index (χ1v) is 11.4. The average Bonchev–Trinajstić information content (AvgIpc) is 2.79. The number of carbonyl (C=O) groups is 1. The van der Waals surface area contributed by atoms with Gasteiger partial charge in [0.1, 0.15) is 0 Å². The number of nitrogens with one attached hydrogen (secondary N) is 1. The monoisotopic (exact) mass is 406 g/mol. The summed E-state index contributed by atoms with van der Waals surface area (Å²) in [6, 6.07) is 13.4. The minimum absolute atomic E-state index is 0.112. The number of carbonyl (C=O) groups excluding carboxylic acids is 1. The van der Waals surface area contributed by atoms with E-state index in [1.807, 2.05) is 18.3 Å². The number of likely N-dealkylation sites (tertiary alicyclic amines) is 2. The number of benzene rings is 1. The van der Waals surface area contributed by atoms with Crippen LogP contribution < -0.4 is 5.32 Å². The summed E-state index contributed by atoms with van der Waals surface area (Å²) < 4.78 is 0. The van der Waals surface area contributed by atoms with Gasteiger partial charge in [0.25, 0.3) is 0 Å². The van der Waals surface area contributed by atoms with Crippen LogP contribution in [0.1, 0.15) is 42.4 Å². The van der Waals surface area contributed by atoms with Gasteiger partial charge in [-0.2, -0.15) is 0 Å². The predicted octanol–water partition coefficient (Wildman–Crippen LogP) is 3.38. The van der Waals surface area contributed by atoms with Crippen LogP contribution in [0.15, 0.2) is 48.8 Å². The molecule has 4 rings (SSSR count). The van der Waals surface area contributed by atoms with E-state index in [9.17, 15) is 4.79 Å². The van der Waals surface area contributed by atoms with Gasteiger partial charge in [0, 0.05) is 38.1 Å². The van der Waals surface area contributed by atoms with Gasteiger partial charge >= 0.3 is 0 Å². The van der Waals surface area contributed by atoms with Crippen LogP contribution in [0.4, 0.5) is 0 Å². The lowest BCUT2D eigenvalue weighted by molar-refractivity contribution is -0.127. The molecule has 0 saturated carbocycles. The Bertz CT molecular complexity index is 817. The van der Waals surface area contributed by atoms with Crippen molar-refractivity contribution in [1.82, 2.24) is 20.1 Å². The van der Waals surface area contributed by atoms with Crippen LogP contribution in [0.3, 0.4) is 0 Å². The molecule has 1 aromatic heterocycles. The highest BCUT2D eigenvalue weighted by Crippen LogP contribution is 2.25. The number of amides is 1. The summed E-state index contributed by atoms with van der Waals surface area (Å²) in [6.45, 7) is 8.11. The third kappa shape index (κ3) is 5.67. The van der Waals surface area contributed by atoms with Gasteiger partial charge in [-0.15, -0.1) is 0 Å². The Balaban J connectivity index is 1.23. The molecule has 1 aromatic carbocycles. The van der Waals surface area contributed by atoms with Crippen molar-refractivity contribution in [1.29, 1.82) is 0 Å². The molecular weight excluding hydrogens is 372 g/mol. The molecule has 2 aromatic rings. The Morgan fingerprint density at radius 1 is 1.10 bits per heavy atom. The van der Waals surface area contributed by atoms with Crippen molar-refractivity contribution in [2.75, 3.05) is 26.2 Å². The van der Waals surface area contributed by atoms with E-state index in [2.05, 4.69) is 51.3 Å². The molecule has 5 heteroatoms. The molecular formula is C25H34N4O. The Morgan fingerprint density at radius 3 is 2.70 bits per heavy atom. The second kappa shape index (κ2) is 10.2. The van der Waals surface area contributed by atoms with Crippen LogP contribution in [0.25, 0.3) is 0 Å². The van der Waals surface area contributed by atoms with Crippen LogP contribution in [0.2, 0.25) is 0 Å². The average molecular weight is 407 g/mol. The fourth-order valence-electron chi connectivity index (χ4n) is 4.90. The van der Waals surface area contributed by atoms with Gasteiger partial charge in [0.2, 0.25) is 5.91 Å². The number of piperidine rings is 2. The highest BCUT2D eigenvalue weighted by atomic mass is 16.1. The number of hydrogen-bond acceptors (Lipinski definition) is 4. The number of aromatic nitrogens is 1. The molecule has 2 aliphatic heterocycles. The molecule has 2 fully saturated rings. The first kappa shape index (κ1) is 21.0. The number of rotatable bonds is 6. The maximum absolute atomic E-state index is 12.7. The van der Waals surface area contributed by atoms with E-state index in [1.165, 1.54) is 24.0 Å². The molecule has 1 atom stereocenters. The van der Waals surface area contributed by atoms with E-state index in [0.29, 0.717) is 12.6 Å². The molecule has 1 N–H and O–H groups in total. The van der Waals surface area contributed by atoms with Crippen molar-refractivity contribution in [2.45, 2.75) is 51.7 Å². The fraction of sp³-hybridized carbons (Fsp3) is 0.520. The van der Waals surface area contributed by atoms with Gasteiger partial charge in [-0.3, -0.25) is 19.6 Å². The van der Waals surface area contributed by atoms with E-state index in [0.717, 1.165) is 51.1 Å². The van der Waals surface area contributed by atoms with Gasteiger partial charge in [0.05, 0.1) is 5.92 Å². The van der Waals surface area contributed by atoms with Crippen molar-refractivity contribution in [3.8, 4) is 0 Å². The summed E-state index contributed by atoms with van der Waals surface area (Å²) in [5, 5.41) is 3.12. The van der Waals surface area contributed by atoms with Crippen molar-refractivity contribution < 1.29 is 4.79 Å². The van der Waals surface area contributed by atoms with Crippen molar-refractivity contribution in [3.05, 3.63) is 65.5 Å². The van der Waals surface area contributed by atoms with Gasteiger partial charge < -0.3 is 5.32 Å². The van der Waals surface area contributed by atoms with Crippen LogP contribution >= 0.6 is 0 Å². The molecule has 0 bridgehead atoms. The summed E-state index contributed by atoms with van der Waals surface area (Å²) in [4.78, 5) is 22.0. The van der Waals surface area contributed by atoms with E-state index in [4.69, 9.17) is 0 Å². The van der Waals surface area contributed by atoms with Crippen LogP contribution in [-0.4, -0.2) is 52.9 Å². The Kier molecular flexibility index (Phi) is 7.13. The lowest BCUT2D eigenvalue weighted by Crippen LogP contribution is -2.50. The highest BCUT2D eigenvalue weighted by molar-refractivity contribution is 5.78. The first-order chi connectivity index (χ1) is 14.7. The third-order valence-corrected chi connectivity index (χ3v) is 6.58. The standard InChI is InChI=1S/C25H34N4O/c1-20-5-2-6-21(15-20)18-28-13-9-24(10-14-28)29-12-4-8-23(19-29)25(30)27-17-22-7-3-11-26-16-22/h2-3,5-7,11,15-16,23-24H,4,8-10,12-14,17-19H2,1H3,(H,27,30). The van der Waals surface area contributed by atoms with Gasteiger partial charge in [-0.05, 0) is 69.4 Å². The molecule has 1 unspecified atom stereocenters. The second-order valence-corrected chi connectivity index (χ2v) is 8.91. The lowest BCUT2D eigenvalue weighted by Gasteiger charge is -2.42. The smallest absolute Gasteiger partial charge is 0.224 e. The number of aryl methyl sites for hydroxylation is 1. The van der Waals surface area contributed by atoms with E-state index < -0.39 is 0 Å². The lowest BCUT2D eigenvalue weighted by atomic mass is 9.93. The molecule has 1 amide bonds. The zero-order valence-electron chi connectivity index (χ0n) is 18.1. The minimum Gasteiger partial charge on any atom is -0.352 e.